The van der Waals surface area contributed by atoms with Gasteiger partial charge in [0, 0.05) is 5.41 Å². The van der Waals surface area contributed by atoms with E-state index in [9.17, 15) is 9.90 Å². The lowest BCUT2D eigenvalue weighted by atomic mass is 9.65. The molecule has 2 heteroatoms. The number of allylic oxidation sites excluding steroid dienone is 3. The van der Waals surface area contributed by atoms with Crippen LogP contribution in [0.2, 0.25) is 0 Å². The molecule has 0 saturated heterocycles. The monoisotopic (exact) mass is 242 g/mol. The van der Waals surface area contributed by atoms with Gasteiger partial charge in [0.15, 0.2) is 0 Å². The van der Waals surface area contributed by atoms with Crippen LogP contribution in [-0.4, -0.2) is 11.1 Å². The van der Waals surface area contributed by atoms with Crippen molar-refractivity contribution in [2.45, 2.75) is 25.2 Å². The van der Waals surface area contributed by atoms with Crippen molar-refractivity contribution in [2.24, 2.45) is 5.92 Å². The van der Waals surface area contributed by atoms with Crippen LogP contribution in [0.15, 0.2) is 54.6 Å². The van der Waals surface area contributed by atoms with Crippen molar-refractivity contribution in [3.05, 3.63) is 60.2 Å². The van der Waals surface area contributed by atoms with Crippen LogP contribution in [0, 0.1) is 5.92 Å². The Bertz CT molecular complexity index is 473. The topological polar surface area (TPSA) is 37.3 Å². The van der Waals surface area contributed by atoms with Crippen LogP contribution in [0.4, 0.5) is 0 Å². The molecule has 0 heterocycles. The van der Waals surface area contributed by atoms with Gasteiger partial charge < -0.3 is 5.11 Å². The van der Waals surface area contributed by atoms with Crippen molar-refractivity contribution in [1.29, 1.82) is 0 Å². The number of carboxylic acid groups (broad SMARTS) is 1. The summed E-state index contributed by atoms with van der Waals surface area (Å²) < 4.78 is 0. The Labute approximate surface area is 108 Å². The molecular formula is C16H18O2. The molecule has 0 aromatic heterocycles. The van der Waals surface area contributed by atoms with E-state index in [4.69, 9.17) is 0 Å². The van der Waals surface area contributed by atoms with Gasteiger partial charge >= 0.3 is 5.97 Å². The molecule has 0 aliphatic heterocycles. The fourth-order valence-electron chi connectivity index (χ4n) is 2.80. The second-order valence-corrected chi connectivity index (χ2v) is 4.72. The van der Waals surface area contributed by atoms with E-state index in [1.165, 1.54) is 0 Å². The van der Waals surface area contributed by atoms with Crippen LogP contribution in [0.3, 0.4) is 0 Å². The van der Waals surface area contributed by atoms with Gasteiger partial charge in [-0.15, -0.1) is 0 Å². The third-order valence-electron chi connectivity index (χ3n) is 3.60. The minimum atomic E-state index is -0.757. The fourth-order valence-corrected chi connectivity index (χ4v) is 2.80. The molecule has 0 fully saturated rings. The molecule has 18 heavy (non-hydrogen) atoms. The molecule has 1 aromatic carbocycles. The summed E-state index contributed by atoms with van der Waals surface area (Å²) in [5.41, 5.74) is 0.677. The maximum atomic E-state index is 11.5. The highest BCUT2D eigenvalue weighted by molar-refractivity contribution is 5.76. The van der Waals surface area contributed by atoms with Gasteiger partial charge in [0.25, 0.3) is 0 Å². The minimum absolute atomic E-state index is 0.406. The number of benzene rings is 1. The molecule has 2 atom stereocenters. The maximum Gasteiger partial charge on any atom is 0.311 e. The fraction of sp³-hybridized carbons (Fsp3) is 0.312. The van der Waals surface area contributed by atoms with E-state index in [2.05, 4.69) is 6.92 Å². The van der Waals surface area contributed by atoms with Gasteiger partial charge in [0.05, 0.1) is 5.92 Å². The number of carboxylic acids is 1. The average molecular weight is 242 g/mol. The Balaban J connectivity index is 2.52. The first kappa shape index (κ1) is 12.6. The zero-order valence-electron chi connectivity index (χ0n) is 10.5. The molecule has 2 nitrogen and oxygen atoms in total. The van der Waals surface area contributed by atoms with Crippen LogP contribution in [-0.2, 0) is 10.2 Å². The number of rotatable bonds is 4. The summed E-state index contributed by atoms with van der Waals surface area (Å²) in [6.45, 7) is 2.09. The third kappa shape index (κ3) is 2.10. The van der Waals surface area contributed by atoms with Crippen LogP contribution >= 0.6 is 0 Å². The zero-order chi connectivity index (χ0) is 13.0. The molecule has 1 N–H and O–H groups in total. The molecule has 0 amide bonds. The highest BCUT2D eigenvalue weighted by Crippen LogP contribution is 2.41. The summed E-state index contributed by atoms with van der Waals surface area (Å²) in [4.78, 5) is 11.5. The summed E-state index contributed by atoms with van der Waals surface area (Å²) in [5.74, 6) is -1.24. The summed E-state index contributed by atoms with van der Waals surface area (Å²) in [6, 6.07) is 9.95. The number of aliphatic carboxylic acids is 1. The zero-order valence-corrected chi connectivity index (χ0v) is 10.5. The van der Waals surface area contributed by atoms with Crippen molar-refractivity contribution in [2.75, 3.05) is 0 Å². The molecule has 0 saturated carbocycles. The second kappa shape index (κ2) is 5.21. The summed E-state index contributed by atoms with van der Waals surface area (Å²) >= 11 is 0. The first-order valence-corrected chi connectivity index (χ1v) is 6.35. The van der Waals surface area contributed by atoms with E-state index >= 15 is 0 Å². The summed E-state index contributed by atoms with van der Waals surface area (Å²) in [5, 5.41) is 9.48. The van der Waals surface area contributed by atoms with Gasteiger partial charge in [-0.1, -0.05) is 68.0 Å². The Morgan fingerprint density at radius 1 is 1.28 bits per heavy atom. The van der Waals surface area contributed by atoms with E-state index < -0.39 is 17.3 Å². The van der Waals surface area contributed by atoms with E-state index in [-0.39, 0.29) is 0 Å². The summed E-state index contributed by atoms with van der Waals surface area (Å²) in [6.07, 6.45) is 9.43. The van der Waals surface area contributed by atoms with Crippen molar-refractivity contribution in [1.82, 2.24) is 0 Å². The summed E-state index contributed by atoms with van der Waals surface area (Å²) in [7, 11) is 0. The largest absolute Gasteiger partial charge is 0.481 e. The lowest BCUT2D eigenvalue weighted by Crippen LogP contribution is -2.38. The molecule has 0 radical (unpaired) electrons. The van der Waals surface area contributed by atoms with Crippen LogP contribution < -0.4 is 0 Å². The number of carbonyl (C=O) groups is 1. The third-order valence-corrected chi connectivity index (χ3v) is 3.60. The predicted octanol–water partition coefficient (Wildman–Crippen LogP) is 3.55. The lowest BCUT2D eigenvalue weighted by molar-refractivity contribution is -0.141. The first-order chi connectivity index (χ1) is 8.70. The Morgan fingerprint density at radius 3 is 2.61 bits per heavy atom. The smallest absolute Gasteiger partial charge is 0.311 e. The first-order valence-electron chi connectivity index (χ1n) is 6.35. The molecule has 1 aliphatic rings. The normalized spacial score (nSPS) is 26.2. The van der Waals surface area contributed by atoms with Gasteiger partial charge in [-0.05, 0) is 12.0 Å². The SMILES string of the molecule is CCCC1(c2ccccc2)C=CC=CC1C(=O)O. The molecule has 94 valence electrons. The Hall–Kier alpha value is -1.83. The molecule has 0 bridgehead atoms. The highest BCUT2D eigenvalue weighted by Gasteiger charge is 2.41. The van der Waals surface area contributed by atoms with Crippen molar-refractivity contribution < 1.29 is 9.90 Å². The number of hydrogen-bond donors (Lipinski definition) is 1. The van der Waals surface area contributed by atoms with Crippen LogP contribution in [0.1, 0.15) is 25.3 Å². The molecule has 2 rings (SSSR count). The van der Waals surface area contributed by atoms with Crippen molar-refractivity contribution in [3.63, 3.8) is 0 Å². The molecule has 0 spiro atoms. The second-order valence-electron chi connectivity index (χ2n) is 4.72. The molecule has 1 aromatic rings. The molecule has 1 aliphatic carbocycles. The molecular weight excluding hydrogens is 224 g/mol. The Kier molecular flexibility index (Phi) is 3.66. The standard InChI is InChI=1S/C16H18O2/c1-2-11-16(13-8-4-3-5-9-13)12-7-6-10-14(16)15(17)18/h3-10,12,14H,2,11H2,1H3,(H,17,18). The van der Waals surface area contributed by atoms with E-state index in [1.807, 2.05) is 48.6 Å². The van der Waals surface area contributed by atoms with Crippen molar-refractivity contribution >= 4 is 5.97 Å². The quantitative estimate of drug-likeness (QED) is 0.876. The van der Waals surface area contributed by atoms with E-state index in [0.29, 0.717) is 0 Å². The Morgan fingerprint density at radius 2 is 2.00 bits per heavy atom. The molecule has 2 unspecified atom stereocenters. The van der Waals surface area contributed by atoms with Gasteiger partial charge in [-0.2, -0.15) is 0 Å². The lowest BCUT2D eigenvalue weighted by Gasteiger charge is -2.37. The van der Waals surface area contributed by atoms with E-state index in [0.717, 1.165) is 18.4 Å². The van der Waals surface area contributed by atoms with Crippen molar-refractivity contribution in [3.8, 4) is 0 Å². The van der Waals surface area contributed by atoms with Gasteiger partial charge in [-0.3, -0.25) is 4.79 Å². The maximum absolute atomic E-state index is 11.5. The van der Waals surface area contributed by atoms with E-state index in [1.54, 1.807) is 6.08 Å². The highest BCUT2D eigenvalue weighted by atomic mass is 16.4. The van der Waals surface area contributed by atoms with Gasteiger partial charge in [0.2, 0.25) is 0 Å². The van der Waals surface area contributed by atoms with Gasteiger partial charge in [-0.25, -0.2) is 0 Å². The van der Waals surface area contributed by atoms with Crippen LogP contribution in [0.25, 0.3) is 0 Å². The number of hydrogen-bond acceptors (Lipinski definition) is 1. The minimum Gasteiger partial charge on any atom is -0.481 e. The average Bonchev–Trinajstić information content (AvgIpc) is 2.40. The van der Waals surface area contributed by atoms with Gasteiger partial charge in [0.1, 0.15) is 0 Å². The predicted molar refractivity (Wildman–Crippen MR) is 72.4 cm³/mol. The van der Waals surface area contributed by atoms with Crippen LogP contribution in [0.5, 0.6) is 0 Å².